The first-order valence-electron chi connectivity index (χ1n) is 8.08. The zero-order valence-electron chi connectivity index (χ0n) is 13.0. The average molecular weight is 301 g/mol. The van der Waals surface area contributed by atoms with Gasteiger partial charge in [0.1, 0.15) is 5.58 Å². The summed E-state index contributed by atoms with van der Waals surface area (Å²) in [7, 11) is 0. The van der Waals surface area contributed by atoms with Crippen molar-refractivity contribution in [2.45, 2.75) is 32.7 Å². The maximum Gasteiger partial charge on any atom is 0.336 e. The normalized spacial score (nSPS) is 19.6. The second kappa shape index (κ2) is 6.63. The molecule has 0 aliphatic carbocycles. The van der Waals surface area contributed by atoms with Gasteiger partial charge in [0.05, 0.1) is 0 Å². The monoisotopic (exact) mass is 301 g/mol. The van der Waals surface area contributed by atoms with Crippen LogP contribution in [0.2, 0.25) is 0 Å². The second-order valence-electron chi connectivity index (χ2n) is 6.20. The second-order valence-corrected chi connectivity index (χ2v) is 6.20. The largest absolute Gasteiger partial charge is 0.423 e. The fourth-order valence-corrected chi connectivity index (χ4v) is 3.31. The molecule has 4 heteroatoms. The van der Waals surface area contributed by atoms with Gasteiger partial charge in [0.2, 0.25) is 0 Å². The highest BCUT2D eigenvalue weighted by atomic mass is 16.4. The molecule has 1 aromatic heterocycles. The topological polar surface area (TPSA) is 53.7 Å². The number of rotatable bonds is 4. The molecule has 1 aliphatic heterocycles. The molecular formula is C18H23NO3. The predicted octanol–water partition coefficient (Wildman–Crippen LogP) is 2.56. The minimum absolute atomic E-state index is 0.244. The molecule has 2 aromatic rings. The molecule has 1 unspecified atom stereocenters. The van der Waals surface area contributed by atoms with Crippen molar-refractivity contribution >= 4 is 11.0 Å². The molecule has 3 rings (SSSR count). The van der Waals surface area contributed by atoms with Gasteiger partial charge in [-0.05, 0) is 48.9 Å². The number of hydrogen-bond acceptors (Lipinski definition) is 4. The lowest BCUT2D eigenvalue weighted by Crippen LogP contribution is -2.36. The zero-order valence-corrected chi connectivity index (χ0v) is 13.0. The summed E-state index contributed by atoms with van der Waals surface area (Å²) in [5, 5.41) is 10.4. The Hall–Kier alpha value is -1.65. The molecule has 2 heterocycles. The van der Waals surface area contributed by atoms with Crippen LogP contribution in [0.3, 0.4) is 0 Å². The van der Waals surface area contributed by atoms with E-state index in [0.29, 0.717) is 11.5 Å². The van der Waals surface area contributed by atoms with Crippen molar-refractivity contribution in [1.29, 1.82) is 0 Å². The first-order valence-corrected chi connectivity index (χ1v) is 8.08. The Morgan fingerprint density at radius 1 is 1.36 bits per heavy atom. The Kier molecular flexibility index (Phi) is 4.60. The van der Waals surface area contributed by atoms with Gasteiger partial charge in [-0.15, -0.1) is 0 Å². The minimum atomic E-state index is -0.286. The standard InChI is InChI=1S/C18H23NO3/c1-2-13-5-6-16-15(9-18(21)22-17(16)8-13)11-19-7-3-4-14(10-19)12-20/h5-6,8-9,14,20H,2-4,7,10-12H2,1H3. The van der Waals surface area contributed by atoms with Crippen LogP contribution in [-0.2, 0) is 13.0 Å². The van der Waals surface area contributed by atoms with Crippen molar-refractivity contribution in [2.75, 3.05) is 19.7 Å². The van der Waals surface area contributed by atoms with E-state index in [4.69, 9.17) is 4.42 Å². The Morgan fingerprint density at radius 3 is 3.00 bits per heavy atom. The fourth-order valence-electron chi connectivity index (χ4n) is 3.31. The summed E-state index contributed by atoms with van der Waals surface area (Å²) < 4.78 is 5.36. The molecule has 22 heavy (non-hydrogen) atoms. The third kappa shape index (κ3) is 3.23. The molecule has 118 valence electrons. The van der Waals surface area contributed by atoms with Crippen LogP contribution in [0.4, 0.5) is 0 Å². The summed E-state index contributed by atoms with van der Waals surface area (Å²) in [4.78, 5) is 14.2. The molecule has 1 N–H and O–H groups in total. The number of aliphatic hydroxyl groups excluding tert-OH is 1. The summed E-state index contributed by atoms with van der Waals surface area (Å²) in [5.41, 5.74) is 2.59. The van der Waals surface area contributed by atoms with Gasteiger partial charge < -0.3 is 9.52 Å². The Morgan fingerprint density at radius 2 is 2.23 bits per heavy atom. The van der Waals surface area contributed by atoms with E-state index in [-0.39, 0.29) is 12.2 Å². The number of likely N-dealkylation sites (tertiary alicyclic amines) is 1. The molecule has 0 saturated carbocycles. The van der Waals surface area contributed by atoms with Crippen molar-refractivity contribution in [1.82, 2.24) is 4.90 Å². The number of aliphatic hydroxyl groups is 1. The number of benzene rings is 1. The van der Waals surface area contributed by atoms with Crippen molar-refractivity contribution in [2.24, 2.45) is 5.92 Å². The van der Waals surface area contributed by atoms with Crippen LogP contribution in [0.15, 0.2) is 33.5 Å². The lowest BCUT2D eigenvalue weighted by Gasteiger charge is -2.31. The molecule has 1 atom stereocenters. The number of fused-ring (bicyclic) bond motifs is 1. The fraction of sp³-hybridized carbons (Fsp3) is 0.500. The highest BCUT2D eigenvalue weighted by molar-refractivity contribution is 5.80. The molecule has 1 aromatic carbocycles. The van der Waals surface area contributed by atoms with Crippen LogP contribution < -0.4 is 5.63 Å². The lowest BCUT2D eigenvalue weighted by molar-refractivity contribution is 0.116. The SMILES string of the molecule is CCc1ccc2c(CN3CCCC(CO)C3)cc(=O)oc2c1. The molecule has 0 spiro atoms. The first-order chi connectivity index (χ1) is 10.7. The van der Waals surface area contributed by atoms with Gasteiger partial charge in [0.15, 0.2) is 0 Å². The molecule has 1 saturated heterocycles. The summed E-state index contributed by atoms with van der Waals surface area (Å²) in [6.07, 6.45) is 3.11. The van der Waals surface area contributed by atoms with Gasteiger partial charge in [-0.3, -0.25) is 4.90 Å². The van der Waals surface area contributed by atoms with E-state index >= 15 is 0 Å². The van der Waals surface area contributed by atoms with E-state index in [2.05, 4.69) is 24.0 Å². The maximum atomic E-state index is 11.8. The first kappa shape index (κ1) is 15.3. The summed E-state index contributed by atoms with van der Waals surface area (Å²) in [6, 6.07) is 7.72. The van der Waals surface area contributed by atoms with E-state index in [1.54, 1.807) is 6.07 Å². The van der Waals surface area contributed by atoms with Gasteiger partial charge in [0.25, 0.3) is 0 Å². The molecule has 1 aliphatic rings. The summed E-state index contributed by atoms with van der Waals surface area (Å²) in [5.74, 6) is 0.354. The van der Waals surface area contributed by atoms with Gasteiger partial charge >= 0.3 is 5.63 Å². The van der Waals surface area contributed by atoms with Crippen LogP contribution >= 0.6 is 0 Å². The van der Waals surface area contributed by atoms with Crippen molar-refractivity contribution in [3.05, 3.63) is 45.8 Å². The highest BCUT2D eigenvalue weighted by Gasteiger charge is 2.20. The van der Waals surface area contributed by atoms with Gasteiger partial charge in [-0.25, -0.2) is 4.79 Å². The van der Waals surface area contributed by atoms with E-state index < -0.39 is 0 Å². The quantitative estimate of drug-likeness (QED) is 0.882. The van der Waals surface area contributed by atoms with Crippen LogP contribution in [0.1, 0.15) is 30.9 Å². The number of piperidine rings is 1. The minimum Gasteiger partial charge on any atom is -0.423 e. The molecule has 1 fully saturated rings. The maximum absolute atomic E-state index is 11.8. The van der Waals surface area contributed by atoms with E-state index in [9.17, 15) is 9.90 Å². The van der Waals surface area contributed by atoms with Gasteiger partial charge in [-0.1, -0.05) is 19.1 Å². The molecular weight excluding hydrogens is 278 g/mol. The summed E-state index contributed by atoms with van der Waals surface area (Å²) >= 11 is 0. The number of nitrogens with zero attached hydrogens (tertiary/aromatic N) is 1. The van der Waals surface area contributed by atoms with Gasteiger partial charge in [-0.2, -0.15) is 0 Å². The zero-order chi connectivity index (χ0) is 15.5. The van der Waals surface area contributed by atoms with Crippen molar-refractivity contribution < 1.29 is 9.52 Å². The third-order valence-electron chi connectivity index (χ3n) is 4.56. The van der Waals surface area contributed by atoms with Gasteiger partial charge in [0, 0.05) is 31.1 Å². The van der Waals surface area contributed by atoms with Crippen LogP contribution in [-0.4, -0.2) is 29.7 Å². The van der Waals surface area contributed by atoms with Crippen LogP contribution in [0, 0.1) is 5.92 Å². The predicted molar refractivity (Wildman–Crippen MR) is 86.9 cm³/mol. The Balaban J connectivity index is 1.91. The molecule has 0 amide bonds. The van der Waals surface area contributed by atoms with E-state index in [0.717, 1.165) is 49.8 Å². The smallest absolute Gasteiger partial charge is 0.336 e. The van der Waals surface area contributed by atoms with Crippen LogP contribution in [0.25, 0.3) is 11.0 Å². The molecule has 0 radical (unpaired) electrons. The van der Waals surface area contributed by atoms with E-state index in [1.165, 1.54) is 5.56 Å². The van der Waals surface area contributed by atoms with Crippen molar-refractivity contribution in [3.63, 3.8) is 0 Å². The molecule has 4 nitrogen and oxygen atoms in total. The van der Waals surface area contributed by atoms with Crippen molar-refractivity contribution in [3.8, 4) is 0 Å². The Bertz CT molecular complexity index is 707. The number of aryl methyl sites for hydroxylation is 1. The van der Waals surface area contributed by atoms with Crippen LogP contribution in [0.5, 0.6) is 0 Å². The lowest BCUT2D eigenvalue weighted by atomic mass is 9.98. The molecule has 0 bridgehead atoms. The average Bonchev–Trinajstić information content (AvgIpc) is 2.54. The van der Waals surface area contributed by atoms with E-state index in [1.807, 2.05) is 6.07 Å². The third-order valence-corrected chi connectivity index (χ3v) is 4.56. The Labute approximate surface area is 130 Å². The number of hydrogen-bond donors (Lipinski definition) is 1. The summed E-state index contributed by atoms with van der Waals surface area (Å²) in [6.45, 7) is 4.99. The highest BCUT2D eigenvalue weighted by Crippen LogP contribution is 2.23.